The van der Waals surface area contributed by atoms with Crippen LogP contribution in [0.3, 0.4) is 0 Å². The summed E-state index contributed by atoms with van der Waals surface area (Å²) in [6.07, 6.45) is 1.56. The maximum absolute atomic E-state index is 13.2. The van der Waals surface area contributed by atoms with Crippen LogP contribution in [0.1, 0.15) is 22.8 Å². The molecule has 0 radical (unpaired) electrons. The number of ether oxygens (including phenoxy) is 1. The molecule has 0 aliphatic carbocycles. The van der Waals surface area contributed by atoms with Gasteiger partial charge in [0.05, 0.1) is 17.9 Å². The van der Waals surface area contributed by atoms with Crippen molar-refractivity contribution in [1.82, 2.24) is 0 Å². The third-order valence-corrected chi connectivity index (χ3v) is 3.08. The fraction of sp³-hybridized carbons (Fsp3) is 0.125. The number of benzene rings is 2. The van der Waals surface area contributed by atoms with E-state index in [9.17, 15) is 9.18 Å². The molecular weight excluding hydrogens is 337 g/mol. The number of hydrogen-bond acceptors (Lipinski definition) is 3. The molecule has 2 aromatic carbocycles. The number of carbonyl (C=O) groups excluding carboxylic acids is 1. The van der Waals surface area contributed by atoms with E-state index in [0.717, 1.165) is 0 Å². The predicted octanol–water partition coefficient (Wildman–Crippen LogP) is 4.52. The van der Waals surface area contributed by atoms with Crippen molar-refractivity contribution >= 4 is 33.8 Å². The molecule has 0 spiro atoms. The van der Waals surface area contributed by atoms with Crippen LogP contribution in [0.15, 0.2) is 51.9 Å². The molecule has 2 rings (SSSR count). The lowest BCUT2D eigenvalue weighted by Crippen LogP contribution is -2.03. The second-order valence-electron chi connectivity index (χ2n) is 4.23. The van der Waals surface area contributed by atoms with Crippen LogP contribution in [-0.4, -0.2) is 18.8 Å². The summed E-state index contributed by atoms with van der Waals surface area (Å²) >= 11 is 3.23. The summed E-state index contributed by atoms with van der Waals surface area (Å²) in [5.41, 5.74) is 1.80. The van der Waals surface area contributed by atoms with E-state index in [-0.39, 0.29) is 11.8 Å². The largest absolute Gasteiger partial charge is 0.462 e. The maximum atomic E-state index is 13.2. The first kappa shape index (κ1) is 15.4. The number of esters is 1. The minimum atomic E-state index is -0.359. The molecule has 0 N–H and O–H groups in total. The van der Waals surface area contributed by atoms with Crippen LogP contribution in [-0.2, 0) is 4.74 Å². The van der Waals surface area contributed by atoms with Gasteiger partial charge in [0.2, 0.25) is 0 Å². The third kappa shape index (κ3) is 4.49. The highest BCUT2D eigenvalue weighted by molar-refractivity contribution is 9.10. The van der Waals surface area contributed by atoms with E-state index in [2.05, 4.69) is 20.9 Å². The molecule has 0 amide bonds. The zero-order valence-electron chi connectivity index (χ0n) is 11.3. The van der Waals surface area contributed by atoms with Gasteiger partial charge < -0.3 is 4.74 Å². The van der Waals surface area contributed by atoms with Gasteiger partial charge >= 0.3 is 5.97 Å². The summed E-state index contributed by atoms with van der Waals surface area (Å²) in [4.78, 5) is 15.7. The van der Waals surface area contributed by atoms with Gasteiger partial charge in [0.1, 0.15) is 5.82 Å². The number of carbonyl (C=O) groups is 1. The van der Waals surface area contributed by atoms with Crippen molar-refractivity contribution in [3.8, 4) is 0 Å². The SMILES string of the molecule is CCOC(=O)c1ccc(/N=C/c2cc(F)cc(Br)c2)cc1. The number of aliphatic imine (C=N–C) groups is 1. The minimum absolute atomic E-state index is 0.330. The molecular formula is C16H13BrFNO2. The van der Waals surface area contributed by atoms with Gasteiger partial charge in [-0.25, -0.2) is 9.18 Å². The fourth-order valence-corrected chi connectivity index (χ4v) is 2.18. The van der Waals surface area contributed by atoms with Crippen LogP contribution in [0.4, 0.5) is 10.1 Å². The lowest BCUT2D eigenvalue weighted by atomic mass is 10.2. The highest BCUT2D eigenvalue weighted by Crippen LogP contribution is 2.16. The molecule has 0 heterocycles. The van der Waals surface area contributed by atoms with Gasteiger partial charge in [0.25, 0.3) is 0 Å². The molecule has 0 aromatic heterocycles. The highest BCUT2D eigenvalue weighted by atomic mass is 79.9. The molecule has 21 heavy (non-hydrogen) atoms. The molecule has 0 aliphatic rings. The van der Waals surface area contributed by atoms with E-state index < -0.39 is 0 Å². The smallest absolute Gasteiger partial charge is 0.338 e. The van der Waals surface area contributed by atoms with Gasteiger partial charge in [-0.15, -0.1) is 0 Å². The van der Waals surface area contributed by atoms with Crippen LogP contribution in [0.5, 0.6) is 0 Å². The second kappa shape index (κ2) is 7.13. The number of nitrogens with zero attached hydrogens (tertiary/aromatic N) is 1. The highest BCUT2D eigenvalue weighted by Gasteiger charge is 2.05. The van der Waals surface area contributed by atoms with Crippen LogP contribution in [0, 0.1) is 5.82 Å². The van der Waals surface area contributed by atoms with E-state index in [0.29, 0.717) is 27.9 Å². The molecule has 5 heteroatoms. The summed E-state index contributed by atoms with van der Waals surface area (Å²) in [6.45, 7) is 2.10. The quantitative estimate of drug-likeness (QED) is 0.601. The molecule has 3 nitrogen and oxygen atoms in total. The van der Waals surface area contributed by atoms with Crippen LogP contribution in [0.25, 0.3) is 0 Å². The Morgan fingerprint density at radius 2 is 2.00 bits per heavy atom. The Hall–Kier alpha value is -2.01. The zero-order chi connectivity index (χ0) is 15.2. The molecule has 0 unspecified atom stereocenters. The summed E-state index contributed by atoms with van der Waals surface area (Å²) < 4.78 is 18.8. The van der Waals surface area contributed by atoms with Gasteiger partial charge in [-0.05, 0) is 55.0 Å². The topological polar surface area (TPSA) is 38.7 Å². The molecule has 0 fully saturated rings. The number of hydrogen-bond donors (Lipinski definition) is 0. The molecule has 0 bridgehead atoms. The standard InChI is InChI=1S/C16H13BrFNO2/c1-2-21-16(20)12-3-5-15(6-4-12)19-10-11-7-13(17)9-14(18)8-11/h3-10H,2H2,1H3/b19-10+. The molecule has 0 aliphatic heterocycles. The van der Waals surface area contributed by atoms with Crippen molar-refractivity contribution in [3.63, 3.8) is 0 Å². The van der Waals surface area contributed by atoms with Crippen molar-refractivity contribution in [3.05, 3.63) is 63.9 Å². The first-order chi connectivity index (χ1) is 10.1. The zero-order valence-corrected chi connectivity index (χ0v) is 12.9. The van der Waals surface area contributed by atoms with Crippen LogP contribution < -0.4 is 0 Å². The van der Waals surface area contributed by atoms with Gasteiger partial charge in [-0.2, -0.15) is 0 Å². The Bertz CT molecular complexity index is 648. The maximum Gasteiger partial charge on any atom is 0.338 e. The molecule has 0 saturated heterocycles. The van der Waals surface area contributed by atoms with Crippen molar-refractivity contribution < 1.29 is 13.9 Å². The Morgan fingerprint density at radius 1 is 1.29 bits per heavy atom. The molecule has 108 valence electrons. The van der Waals surface area contributed by atoms with Gasteiger partial charge in [0, 0.05) is 10.7 Å². The van der Waals surface area contributed by atoms with Crippen molar-refractivity contribution in [1.29, 1.82) is 0 Å². The minimum Gasteiger partial charge on any atom is -0.462 e. The Morgan fingerprint density at radius 3 is 2.62 bits per heavy atom. The fourth-order valence-electron chi connectivity index (χ4n) is 1.70. The predicted molar refractivity (Wildman–Crippen MR) is 83.8 cm³/mol. The van der Waals surface area contributed by atoms with Crippen LogP contribution in [0.2, 0.25) is 0 Å². The van der Waals surface area contributed by atoms with E-state index in [1.807, 2.05) is 0 Å². The molecule has 0 saturated carbocycles. The Balaban J connectivity index is 2.12. The summed E-state index contributed by atoms with van der Waals surface area (Å²) in [7, 11) is 0. The van der Waals surface area contributed by atoms with Gasteiger partial charge in [0.15, 0.2) is 0 Å². The van der Waals surface area contributed by atoms with E-state index in [1.165, 1.54) is 12.1 Å². The Kier molecular flexibility index (Phi) is 5.22. The van der Waals surface area contributed by atoms with E-state index in [4.69, 9.17) is 4.74 Å². The average Bonchev–Trinajstić information content (AvgIpc) is 2.45. The second-order valence-corrected chi connectivity index (χ2v) is 5.14. The summed E-state index contributed by atoms with van der Waals surface area (Å²) in [6, 6.07) is 11.2. The normalized spacial score (nSPS) is 10.8. The lowest BCUT2D eigenvalue weighted by molar-refractivity contribution is 0.0526. The first-order valence-electron chi connectivity index (χ1n) is 6.36. The average molecular weight is 350 g/mol. The van der Waals surface area contributed by atoms with Gasteiger partial charge in [-0.3, -0.25) is 4.99 Å². The van der Waals surface area contributed by atoms with Crippen molar-refractivity contribution in [2.75, 3.05) is 6.61 Å². The van der Waals surface area contributed by atoms with Crippen molar-refractivity contribution in [2.24, 2.45) is 4.99 Å². The molecule has 2 aromatic rings. The first-order valence-corrected chi connectivity index (χ1v) is 7.15. The lowest BCUT2D eigenvalue weighted by Gasteiger charge is -2.01. The third-order valence-electron chi connectivity index (χ3n) is 2.63. The van der Waals surface area contributed by atoms with E-state index >= 15 is 0 Å². The summed E-state index contributed by atoms with van der Waals surface area (Å²) in [5, 5.41) is 0. The van der Waals surface area contributed by atoms with Crippen LogP contribution >= 0.6 is 15.9 Å². The number of rotatable bonds is 4. The van der Waals surface area contributed by atoms with E-state index in [1.54, 1.807) is 43.5 Å². The molecule has 0 atom stereocenters. The number of halogens is 2. The monoisotopic (exact) mass is 349 g/mol. The Labute approximate surface area is 130 Å². The van der Waals surface area contributed by atoms with Gasteiger partial charge in [-0.1, -0.05) is 15.9 Å². The summed E-state index contributed by atoms with van der Waals surface area (Å²) in [5.74, 6) is -0.689. The van der Waals surface area contributed by atoms with Crippen molar-refractivity contribution in [2.45, 2.75) is 6.92 Å².